The number of carbonyl (C=O) groups is 3. The van der Waals surface area contributed by atoms with Gasteiger partial charge in [0.15, 0.2) is 0 Å². The van der Waals surface area contributed by atoms with E-state index in [9.17, 15) is 19.5 Å². The third kappa shape index (κ3) is 12.1. The SMILES string of the molecule is CCCCNC(=O)[C@H](C)C[C@H](O)[C@H](CC(C)C)NC(=O)[C@H](C)N(C)C(=O)CCC(C)C. The average Bonchev–Trinajstić information content (AvgIpc) is 2.69. The van der Waals surface area contributed by atoms with Crippen LogP contribution in [0.25, 0.3) is 0 Å². The molecular weight excluding hydrogens is 394 g/mol. The van der Waals surface area contributed by atoms with Gasteiger partial charge in [-0.2, -0.15) is 0 Å². The van der Waals surface area contributed by atoms with Crippen LogP contribution in [0.2, 0.25) is 0 Å². The lowest BCUT2D eigenvalue weighted by Crippen LogP contribution is -2.52. The second kappa shape index (κ2) is 15.2. The standard InChI is InChI=1S/C24H47N3O4/c1-9-10-13-25-23(30)18(6)15-21(28)20(14-17(4)5)26-24(31)19(7)27(8)22(29)12-11-16(2)3/h16-21,28H,9-15H2,1-8H3,(H,25,30)(H,26,31)/t18-,19+,20+,21+/m1/s1. The fourth-order valence-electron chi connectivity index (χ4n) is 3.30. The highest BCUT2D eigenvalue weighted by Gasteiger charge is 2.29. The van der Waals surface area contributed by atoms with Gasteiger partial charge in [-0.25, -0.2) is 0 Å². The van der Waals surface area contributed by atoms with Crippen LogP contribution < -0.4 is 10.6 Å². The summed E-state index contributed by atoms with van der Waals surface area (Å²) < 4.78 is 0. The zero-order valence-electron chi connectivity index (χ0n) is 21.0. The van der Waals surface area contributed by atoms with Crippen molar-refractivity contribution in [1.82, 2.24) is 15.5 Å². The van der Waals surface area contributed by atoms with Crippen LogP contribution in [0.5, 0.6) is 0 Å². The summed E-state index contributed by atoms with van der Waals surface area (Å²) in [6.45, 7) is 14.4. The van der Waals surface area contributed by atoms with Crippen molar-refractivity contribution in [2.24, 2.45) is 17.8 Å². The second-order valence-electron chi connectivity index (χ2n) is 9.71. The quantitative estimate of drug-likeness (QED) is 0.340. The van der Waals surface area contributed by atoms with E-state index in [0.29, 0.717) is 25.3 Å². The van der Waals surface area contributed by atoms with Gasteiger partial charge in [-0.15, -0.1) is 0 Å². The monoisotopic (exact) mass is 441 g/mol. The predicted octanol–water partition coefficient (Wildman–Crippen LogP) is 3.10. The molecule has 0 aromatic rings. The fraction of sp³-hybridized carbons (Fsp3) is 0.875. The summed E-state index contributed by atoms with van der Waals surface area (Å²) in [5, 5.41) is 16.6. The number of unbranched alkanes of at least 4 members (excludes halogenated alkanes) is 1. The molecule has 0 heterocycles. The van der Waals surface area contributed by atoms with Crippen molar-refractivity contribution in [2.45, 2.75) is 105 Å². The Morgan fingerprint density at radius 2 is 1.55 bits per heavy atom. The van der Waals surface area contributed by atoms with E-state index >= 15 is 0 Å². The van der Waals surface area contributed by atoms with Crippen LogP contribution in [0, 0.1) is 17.8 Å². The average molecular weight is 442 g/mol. The number of carbonyl (C=O) groups excluding carboxylic acids is 3. The molecule has 0 aliphatic rings. The van der Waals surface area contributed by atoms with E-state index in [4.69, 9.17) is 0 Å². The molecule has 0 aromatic carbocycles. The Kier molecular flexibility index (Phi) is 14.4. The van der Waals surface area contributed by atoms with Crippen LogP contribution in [0.4, 0.5) is 0 Å². The summed E-state index contributed by atoms with van der Waals surface area (Å²) in [6.07, 6.45) is 3.15. The predicted molar refractivity (Wildman–Crippen MR) is 125 cm³/mol. The van der Waals surface area contributed by atoms with Crippen LogP contribution in [-0.4, -0.2) is 59.5 Å². The van der Waals surface area contributed by atoms with Gasteiger partial charge in [0, 0.05) is 25.9 Å². The molecule has 31 heavy (non-hydrogen) atoms. The number of aliphatic hydroxyl groups is 1. The molecule has 0 radical (unpaired) electrons. The topological polar surface area (TPSA) is 98.7 Å². The molecule has 0 aliphatic carbocycles. The smallest absolute Gasteiger partial charge is 0.242 e. The summed E-state index contributed by atoms with van der Waals surface area (Å²) in [7, 11) is 1.64. The van der Waals surface area contributed by atoms with E-state index in [1.54, 1.807) is 20.9 Å². The van der Waals surface area contributed by atoms with E-state index in [1.807, 2.05) is 13.8 Å². The molecule has 7 nitrogen and oxygen atoms in total. The molecule has 0 unspecified atom stereocenters. The third-order valence-electron chi connectivity index (χ3n) is 5.68. The van der Waals surface area contributed by atoms with E-state index in [-0.39, 0.29) is 36.0 Å². The van der Waals surface area contributed by atoms with Crippen molar-refractivity contribution in [3.63, 3.8) is 0 Å². The first kappa shape index (κ1) is 29.4. The Bertz CT molecular complexity index is 551. The van der Waals surface area contributed by atoms with Gasteiger partial charge in [0.25, 0.3) is 0 Å². The van der Waals surface area contributed by atoms with Crippen LogP contribution in [0.3, 0.4) is 0 Å². The van der Waals surface area contributed by atoms with Crippen LogP contribution in [-0.2, 0) is 14.4 Å². The minimum atomic E-state index is -0.840. The molecule has 3 amide bonds. The summed E-state index contributed by atoms with van der Waals surface area (Å²) in [5.74, 6) is -0.0931. The molecule has 3 N–H and O–H groups in total. The normalized spacial score (nSPS) is 15.3. The molecule has 0 saturated carbocycles. The fourth-order valence-corrected chi connectivity index (χ4v) is 3.30. The Balaban J connectivity index is 4.96. The largest absolute Gasteiger partial charge is 0.391 e. The Labute approximate surface area is 189 Å². The van der Waals surface area contributed by atoms with Gasteiger partial charge in [-0.05, 0) is 44.4 Å². The van der Waals surface area contributed by atoms with Crippen LogP contribution >= 0.6 is 0 Å². The van der Waals surface area contributed by atoms with Crippen molar-refractivity contribution >= 4 is 17.7 Å². The van der Waals surface area contributed by atoms with Crippen molar-refractivity contribution < 1.29 is 19.5 Å². The highest BCUT2D eigenvalue weighted by atomic mass is 16.3. The lowest BCUT2D eigenvalue weighted by atomic mass is 9.92. The van der Waals surface area contributed by atoms with Gasteiger partial charge in [0.2, 0.25) is 17.7 Å². The Morgan fingerprint density at radius 3 is 2.06 bits per heavy atom. The van der Waals surface area contributed by atoms with Crippen molar-refractivity contribution in [2.75, 3.05) is 13.6 Å². The van der Waals surface area contributed by atoms with E-state index in [0.717, 1.165) is 19.3 Å². The van der Waals surface area contributed by atoms with Gasteiger partial charge in [0.05, 0.1) is 12.1 Å². The summed E-state index contributed by atoms with van der Waals surface area (Å²) in [6, 6.07) is -1.10. The number of rotatable bonds is 15. The molecule has 0 aliphatic heterocycles. The molecule has 0 bridgehead atoms. The second-order valence-corrected chi connectivity index (χ2v) is 9.71. The maximum absolute atomic E-state index is 12.8. The Morgan fingerprint density at radius 1 is 0.935 bits per heavy atom. The van der Waals surface area contributed by atoms with E-state index in [2.05, 4.69) is 31.4 Å². The van der Waals surface area contributed by atoms with Crippen LogP contribution in [0.1, 0.15) is 87.0 Å². The summed E-state index contributed by atoms with van der Waals surface area (Å²) >= 11 is 0. The minimum absolute atomic E-state index is 0.0605. The number of nitrogens with one attached hydrogen (secondary N) is 2. The molecule has 182 valence electrons. The van der Waals surface area contributed by atoms with E-state index < -0.39 is 18.2 Å². The molecule has 4 atom stereocenters. The Hall–Kier alpha value is -1.63. The lowest BCUT2D eigenvalue weighted by molar-refractivity contribution is -0.139. The number of aliphatic hydroxyl groups excluding tert-OH is 1. The van der Waals surface area contributed by atoms with Gasteiger partial charge < -0.3 is 20.6 Å². The first-order chi connectivity index (χ1) is 14.4. The zero-order valence-corrected chi connectivity index (χ0v) is 21.0. The highest BCUT2D eigenvalue weighted by Crippen LogP contribution is 2.16. The molecule has 0 aromatic heterocycles. The highest BCUT2D eigenvalue weighted by molar-refractivity contribution is 5.87. The maximum Gasteiger partial charge on any atom is 0.242 e. The van der Waals surface area contributed by atoms with Crippen molar-refractivity contribution in [3.05, 3.63) is 0 Å². The molecule has 0 saturated heterocycles. The molecular formula is C24H47N3O4. The third-order valence-corrected chi connectivity index (χ3v) is 5.68. The molecule has 0 rings (SSSR count). The number of hydrogen-bond donors (Lipinski definition) is 3. The first-order valence-corrected chi connectivity index (χ1v) is 11.9. The number of nitrogens with zero attached hydrogens (tertiary/aromatic N) is 1. The molecule has 0 spiro atoms. The zero-order chi connectivity index (χ0) is 24.1. The summed E-state index contributed by atoms with van der Waals surface area (Å²) in [4.78, 5) is 38.9. The number of hydrogen-bond acceptors (Lipinski definition) is 4. The van der Waals surface area contributed by atoms with Gasteiger partial charge in [0.1, 0.15) is 6.04 Å². The van der Waals surface area contributed by atoms with Gasteiger partial charge in [-0.1, -0.05) is 48.0 Å². The van der Waals surface area contributed by atoms with Crippen LogP contribution in [0.15, 0.2) is 0 Å². The molecule has 7 heteroatoms. The van der Waals surface area contributed by atoms with Gasteiger partial charge >= 0.3 is 0 Å². The summed E-state index contributed by atoms with van der Waals surface area (Å²) in [5.41, 5.74) is 0. The van der Waals surface area contributed by atoms with Crippen molar-refractivity contribution in [3.8, 4) is 0 Å². The molecule has 0 fully saturated rings. The number of amides is 3. The first-order valence-electron chi connectivity index (χ1n) is 11.9. The lowest BCUT2D eigenvalue weighted by Gasteiger charge is -2.31. The van der Waals surface area contributed by atoms with Gasteiger partial charge in [-0.3, -0.25) is 14.4 Å². The van der Waals surface area contributed by atoms with E-state index in [1.165, 1.54) is 4.90 Å². The number of likely N-dealkylation sites (N-methyl/N-ethyl adjacent to an activating group) is 1. The maximum atomic E-state index is 12.8. The van der Waals surface area contributed by atoms with Crippen molar-refractivity contribution in [1.29, 1.82) is 0 Å². The minimum Gasteiger partial charge on any atom is -0.391 e.